The lowest BCUT2D eigenvalue weighted by Crippen LogP contribution is -2.10. The highest BCUT2D eigenvalue weighted by molar-refractivity contribution is 7.26. The van der Waals surface area contributed by atoms with Gasteiger partial charge in [0.15, 0.2) is 0 Å². The van der Waals surface area contributed by atoms with Gasteiger partial charge in [-0.2, -0.15) is 0 Å². The molecule has 0 aliphatic heterocycles. The molecule has 0 aliphatic rings. The van der Waals surface area contributed by atoms with Crippen molar-refractivity contribution in [3.05, 3.63) is 212 Å². The van der Waals surface area contributed by atoms with Gasteiger partial charge in [-0.15, -0.1) is 11.3 Å². The van der Waals surface area contributed by atoms with Crippen LogP contribution < -0.4 is 4.90 Å². The first-order valence-corrected chi connectivity index (χ1v) is 20.0. The largest absolute Gasteiger partial charge is 0.308 e. The Bertz CT molecular complexity index is 3230. The molecule has 0 aliphatic carbocycles. The van der Waals surface area contributed by atoms with Crippen LogP contribution in [0.3, 0.4) is 0 Å². The van der Waals surface area contributed by atoms with Crippen LogP contribution in [0.25, 0.3) is 85.9 Å². The normalized spacial score (nSPS) is 11.6. The molecule has 0 saturated carbocycles. The van der Waals surface area contributed by atoms with Crippen LogP contribution >= 0.6 is 11.3 Å². The third-order valence-electron chi connectivity index (χ3n) is 11.3. The minimum atomic E-state index is 1.12. The van der Waals surface area contributed by atoms with E-state index in [-0.39, 0.29) is 0 Å². The van der Waals surface area contributed by atoms with Crippen molar-refractivity contribution >= 4 is 80.9 Å². The Morgan fingerprint density at radius 2 is 0.893 bits per heavy atom. The third kappa shape index (κ3) is 5.46. The lowest BCUT2D eigenvalue weighted by atomic mass is 9.96. The fourth-order valence-electron chi connectivity index (χ4n) is 8.52. The van der Waals surface area contributed by atoms with E-state index in [9.17, 15) is 0 Å². The van der Waals surface area contributed by atoms with E-state index >= 15 is 0 Å². The summed E-state index contributed by atoms with van der Waals surface area (Å²) in [5.74, 6) is 0. The maximum atomic E-state index is 2.48. The molecule has 1 aromatic heterocycles. The Balaban J connectivity index is 1.09. The fraction of sp³-hybridized carbons (Fsp3) is 0. The van der Waals surface area contributed by atoms with Crippen LogP contribution in [0.4, 0.5) is 17.1 Å². The van der Waals surface area contributed by atoms with Crippen molar-refractivity contribution in [1.29, 1.82) is 0 Å². The molecule has 0 amide bonds. The number of fused-ring (bicyclic) bond motifs is 7. The average molecular weight is 730 g/mol. The standard InChI is InChI=1S/C54H35NS/c1-3-12-36(13-4-1)41-27-31-49-50-20-11-21-52(54(50)56-53(49)35-41)55(51-33-32-45(38-14-5-2-6-15-38)47-18-9-10-19-48(47)51)43-28-24-37(25-29-43)40-26-30-46-42(34-40)23-22-39-16-7-8-17-44(39)46/h1-35H. The van der Waals surface area contributed by atoms with Gasteiger partial charge in [0.25, 0.3) is 0 Å². The maximum absolute atomic E-state index is 2.48. The fourth-order valence-corrected chi connectivity index (χ4v) is 9.77. The van der Waals surface area contributed by atoms with E-state index in [0.717, 1.165) is 11.4 Å². The molecular formula is C54H35NS. The van der Waals surface area contributed by atoms with Crippen molar-refractivity contribution in [2.24, 2.45) is 0 Å². The molecule has 2 heteroatoms. The van der Waals surface area contributed by atoms with E-state index < -0.39 is 0 Å². The molecule has 0 atom stereocenters. The second-order valence-electron chi connectivity index (χ2n) is 14.5. The molecule has 0 unspecified atom stereocenters. The lowest BCUT2D eigenvalue weighted by molar-refractivity contribution is 1.32. The van der Waals surface area contributed by atoms with Crippen molar-refractivity contribution in [1.82, 2.24) is 0 Å². The average Bonchev–Trinajstić information content (AvgIpc) is 3.66. The Hall–Kier alpha value is -7.00. The number of hydrogen-bond acceptors (Lipinski definition) is 2. The number of rotatable bonds is 6. The highest BCUT2D eigenvalue weighted by Gasteiger charge is 2.21. The van der Waals surface area contributed by atoms with Gasteiger partial charge in [-0.25, -0.2) is 0 Å². The third-order valence-corrected chi connectivity index (χ3v) is 12.4. The van der Waals surface area contributed by atoms with Gasteiger partial charge in [0.05, 0.1) is 16.1 Å². The summed E-state index contributed by atoms with van der Waals surface area (Å²) in [6.07, 6.45) is 0. The van der Waals surface area contributed by atoms with Gasteiger partial charge in [-0.1, -0.05) is 176 Å². The summed E-state index contributed by atoms with van der Waals surface area (Å²) in [5, 5.41) is 10.1. The van der Waals surface area contributed by atoms with Crippen molar-refractivity contribution in [2.45, 2.75) is 0 Å². The van der Waals surface area contributed by atoms with Crippen LogP contribution in [-0.2, 0) is 0 Å². The lowest BCUT2D eigenvalue weighted by Gasteiger charge is -2.28. The van der Waals surface area contributed by atoms with Crippen molar-refractivity contribution in [3.8, 4) is 33.4 Å². The summed E-state index contributed by atoms with van der Waals surface area (Å²) in [5.41, 5.74) is 10.8. The Labute approximate surface area is 330 Å². The van der Waals surface area contributed by atoms with Crippen LogP contribution in [0, 0.1) is 0 Å². The molecule has 10 aromatic carbocycles. The topological polar surface area (TPSA) is 3.24 Å². The van der Waals surface area contributed by atoms with Gasteiger partial charge in [0.1, 0.15) is 0 Å². The molecule has 0 fully saturated rings. The van der Waals surface area contributed by atoms with E-state index in [1.165, 1.54) is 91.6 Å². The maximum Gasteiger partial charge on any atom is 0.0640 e. The second-order valence-corrected chi connectivity index (χ2v) is 15.5. The minimum absolute atomic E-state index is 1.12. The SMILES string of the molecule is c1ccc(-c2ccc3c(c2)sc2c(N(c4ccc(-c5ccc6c(ccc7ccccc76)c5)cc4)c4ccc(-c5ccccc5)c5ccccc45)cccc23)cc1. The van der Waals surface area contributed by atoms with Crippen molar-refractivity contribution < 1.29 is 0 Å². The zero-order chi connectivity index (χ0) is 37.0. The Morgan fingerprint density at radius 1 is 0.304 bits per heavy atom. The molecule has 0 radical (unpaired) electrons. The number of hydrogen-bond donors (Lipinski definition) is 0. The van der Waals surface area contributed by atoms with Crippen LogP contribution in [-0.4, -0.2) is 0 Å². The van der Waals surface area contributed by atoms with E-state index in [2.05, 4.69) is 217 Å². The second kappa shape index (κ2) is 13.4. The van der Waals surface area contributed by atoms with Gasteiger partial charge in [-0.05, 0) is 96.7 Å². The van der Waals surface area contributed by atoms with Gasteiger partial charge in [0.2, 0.25) is 0 Å². The molecule has 56 heavy (non-hydrogen) atoms. The van der Waals surface area contributed by atoms with Gasteiger partial charge in [-0.3, -0.25) is 0 Å². The summed E-state index contributed by atoms with van der Waals surface area (Å²) in [6, 6.07) is 77.7. The smallest absolute Gasteiger partial charge is 0.0640 e. The molecule has 0 bridgehead atoms. The van der Waals surface area contributed by atoms with Gasteiger partial charge in [0, 0.05) is 26.5 Å². The highest BCUT2D eigenvalue weighted by atomic mass is 32.1. The first-order chi connectivity index (χ1) is 27.8. The molecule has 0 saturated heterocycles. The highest BCUT2D eigenvalue weighted by Crippen LogP contribution is 2.48. The zero-order valence-corrected chi connectivity index (χ0v) is 31.4. The summed E-state index contributed by atoms with van der Waals surface area (Å²) in [7, 11) is 0. The molecule has 11 aromatic rings. The van der Waals surface area contributed by atoms with Crippen molar-refractivity contribution in [3.63, 3.8) is 0 Å². The van der Waals surface area contributed by atoms with Crippen LogP contribution in [0.1, 0.15) is 0 Å². The summed E-state index contributed by atoms with van der Waals surface area (Å²) in [4.78, 5) is 2.48. The monoisotopic (exact) mass is 729 g/mol. The predicted molar refractivity (Wildman–Crippen MR) is 243 cm³/mol. The predicted octanol–water partition coefficient (Wildman–Crippen LogP) is 16.0. The minimum Gasteiger partial charge on any atom is -0.308 e. The number of anilines is 3. The molecule has 0 spiro atoms. The quantitative estimate of drug-likeness (QED) is 0.154. The Morgan fingerprint density at radius 3 is 1.70 bits per heavy atom. The van der Waals surface area contributed by atoms with Crippen molar-refractivity contribution in [2.75, 3.05) is 4.90 Å². The first kappa shape index (κ1) is 32.4. The summed E-state index contributed by atoms with van der Waals surface area (Å²) < 4.78 is 2.56. The van der Waals surface area contributed by atoms with Gasteiger partial charge < -0.3 is 4.90 Å². The number of thiophene rings is 1. The molecule has 0 N–H and O–H groups in total. The van der Waals surface area contributed by atoms with E-state index in [1.54, 1.807) is 0 Å². The number of nitrogens with zero attached hydrogens (tertiary/aromatic N) is 1. The molecule has 11 rings (SSSR count). The molecule has 262 valence electrons. The summed E-state index contributed by atoms with van der Waals surface area (Å²) in [6.45, 7) is 0. The van der Waals surface area contributed by atoms with E-state index in [1.807, 2.05) is 11.3 Å². The van der Waals surface area contributed by atoms with Crippen LogP contribution in [0.2, 0.25) is 0 Å². The van der Waals surface area contributed by atoms with Crippen LogP contribution in [0.5, 0.6) is 0 Å². The first-order valence-electron chi connectivity index (χ1n) is 19.2. The molecule has 1 nitrogen and oxygen atoms in total. The number of benzene rings is 10. The summed E-state index contributed by atoms with van der Waals surface area (Å²) >= 11 is 1.88. The molecular weight excluding hydrogens is 695 g/mol. The van der Waals surface area contributed by atoms with Crippen LogP contribution in [0.15, 0.2) is 212 Å². The zero-order valence-electron chi connectivity index (χ0n) is 30.6. The van der Waals surface area contributed by atoms with Gasteiger partial charge >= 0.3 is 0 Å². The Kier molecular flexibility index (Phi) is 7.75. The van der Waals surface area contributed by atoms with E-state index in [0.29, 0.717) is 0 Å². The molecule has 1 heterocycles. The van der Waals surface area contributed by atoms with E-state index in [4.69, 9.17) is 0 Å².